The van der Waals surface area contributed by atoms with Gasteiger partial charge in [0, 0.05) is 22.0 Å². The van der Waals surface area contributed by atoms with Gasteiger partial charge in [-0.05, 0) is 54.4 Å². The van der Waals surface area contributed by atoms with Crippen molar-refractivity contribution < 1.29 is 14.4 Å². The van der Waals surface area contributed by atoms with Crippen LogP contribution in [-0.2, 0) is 25.7 Å². The van der Waals surface area contributed by atoms with Crippen LogP contribution in [0.15, 0.2) is 72.8 Å². The molecule has 3 aromatic rings. The molecule has 0 aliphatic carbocycles. The predicted octanol–water partition coefficient (Wildman–Crippen LogP) is 4.82. The minimum atomic E-state index is -1.26. The van der Waals surface area contributed by atoms with Crippen LogP contribution in [-0.4, -0.2) is 30.0 Å². The Hall–Kier alpha value is -3.29. The molecule has 1 fully saturated rings. The fourth-order valence-corrected chi connectivity index (χ4v) is 5.96. The maximum Gasteiger partial charge on any atom is 0.269 e. The summed E-state index contributed by atoms with van der Waals surface area (Å²) in [5.74, 6) is -0.627. The average Bonchev–Trinajstić information content (AvgIpc) is 3.31. The van der Waals surface area contributed by atoms with Gasteiger partial charge in [-0.25, -0.2) is 0 Å². The van der Waals surface area contributed by atoms with Gasteiger partial charge in [-0.1, -0.05) is 48.9 Å². The van der Waals surface area contributed by atoms with Crippen molar-refractivity contribution in [1.82, 2.24) is 0 Å². The van der Waals surface area contributed by atoms with Gasteiger partial charge in [0.25, 0.3) is 5.91 Å². The highest BCUT2D eigenvalue weighted by molar-refractivity contribution is 8.02. The summed E-state index contributed by atoms with van der Waals surface area (Å²) >= 11 is 7.33. The Bertz CT molecular complexity index is 1280. The molecule has 2 aliphatic rings. The number of hydrogen-bond donors (Lipinski definition) is 1. The number of aryl methyl sites for hydroxylation is 1. The number of carbonyl (C=O) groups is 3. The second-order valence-corrected chi connectivity index (χ2v) is 9.75. The SMILES string of the molecule is CCc1ccc(NC(=O)CN2C(=O)[C@]3(SCC(=O)N3c3ccc(Cl)cc3)c3ccccc32)cc1. The van der Waals surface area contributed by atoms with Crippen LogP contribution >= 0.6 is 23.4 Å². The zero-order valence-corrected chi connectivity index (χ0v) is 20.0. The van der Waals surface area contributed by atoms with E-state index in [1.165, 1.54) is 27.1 Å². The van der Waals surface area contributed by atoms with E-state index in [1.807, 2.05) is 48.5 Å². The molecule has 0 unspecified atom stereocenters. The molecule has 2 heterocycles. The van der Waals surface area contributed by atoms with Crippen molar-refractivity contribution in [3.8, 4) is 0 Å². The summed E-state index contributed by atoms with van der Waals surface area (Å²) in [5.41, 5.74) is 3.76. The molecule has 0 saturated carbocycles. The second kappa shape index (κ2) is 8.81. The number of carbonyl (C=O) groups excluding carboxylic acids is 3. The largest absolute Gasteiger partial charge is 0.325 e. The van der Waals surface area contributed by atoms with E-state index >= 15 is 0 Å². The molecule has 0 aromatic heterocycles. The molecule has 1 spiro atoms. The van der Waals surface area contributed by atoms with Crippen LogP contribution in [0.3, 0.4) is 0 Å². The number of halogens is 1. The highest BCUT2D eigenvalue weighted by Crippen LogP contribution is 2.55. The van der Waals surface area contributed by atoms with E-state index in [9.17, 15) is 14.4 Å². The summed E-state index contributed by atoms with van der Waals surface area (Å²) < 4.78 is 0. The maximum absolute atomic E-state index is 14.0. The van der Waals surface area contributed by atoms with Gasteiger partial charge >= 0.3 is 0 Å². The number of amides is 3. The van der Waals surface area contributed by atoms with Gasteiger partial charge in [0.2, 0.25) is 16.7 Å². The number of hydrogen-bond acceptors (Lipinski definition) is 4. The van der Waals surface area contributed by atoms with Gasteiger partial charge in [-0.3, -0.25) is 24.2 Å². The number of nitrogens with zero attached hydrogens (tertiary/aromatic N) is 2. The molecule has 8 heteroatoms. The van der Waals surface area contributed by atoms with E-state index < -0.39 is 4.87 Å². The molecule has 34 heavy (non-hydrogen) atoms. The van der Waals surface area contributed by atoms with Crippen molar-refractivity contribution in [3.05, 3.63) is 88.9 Å². The Morgan fingerprint density at radius 2 is 1.74 bits per heavy atom. The van der Waals surface area contributed by atoms with Crippen LogP contribution in [0.1, 0.15) is 18.1 Å². The van der Waals surface area contributed by atoms with Crippen LogP contribution in [0.25, 0.3) is 0 Å². The average molecular weight is 492 g/mol. The van der Waals surface area contributed by atoms with Gasteiger partial charge in [0.15, 0.2) is 0 Å². The lowest BCUT2D eigenvalue weighted by atomic mass is 10.0. The zero-order chi connectivity index (χ0) is 23.9. The third kappa shape index (κ3) is 3.65. The standard InChI is InChI=1S/C26H22ClN3O3S/c1-2-17-7-11-19(12-8-17)28-23(31)15-29-22-6-4-3-5-21(22)26(25(29)33)30(24(32)16-34-26)20-13-9-18(27)10-14-20/h3-14H,2,15-16H2,1H3,(H,28,31)/t26-/m1/s1. The third-order valence-electron chi connectivity index (χ3n) is 6.10. The second-order valence-electron chi connectivity index (χ2n) is 8.15. The Labute approximate surface area is 206 Å². The quantitative estimate of drug-likeness (QED) is 0.555. The van der Waals surface area contributed by atoms with E-state index in [-0.39, 0.29) is 30.0 Å². The van der Waals surface area contributed by atoms with Gasteiger partial charge in [0.1, 0.15) is 6.54 Å². The minimum Gasteiger partial charge on any atom is -0.325 e. The number of rotatable bonds is 5. The molecule has 2 aliphatic heterocycles. The first-order valence-corrected chi connectivity index (χ1v) is 12.3. The van der Waals surface area contributed by atoms with Gasteiger partial charge in [0.05, 0.1) is 11.4 Å². The summed E-state index contributed by atoms with van der Waals surface area (Å²) in [4.78, 5) is 41.7. The maximum atomic E-state index is 14.0. The zero-order valence-electron chi connectivity index (χ0n) is 18.5. The topological polar surface area (TPSA) is 69.7 Å². The Balaban J connectivity index is 1.48. The molecule has 172 valence electrons. The van der Waals surface area contributed by atoms with Crippen molar-refractivity contribution in [1.29, 1.82) is 0 Å². The molecule has 0 bridgehead atoms. The lowest BCUT2D eigenvalue weighted by Crippen LogP contribution is -2.50. The molecule has 3 amide bonds. The first-order chi connectivity index (χ1) is 16.4. The van der Waals surface area contributed by atoms with Crippen molar-refractivity contribution in [2.45, 2.75) is 18.2 Å². The Kier molecular flexibility index (Phi) is 5.83. The van der Waals surface area contributed by atoms with Crippen molar-refractivity contribution >= 4 is 58.1 Å². The van der Waals surface area contributed by atoms with Crippen LogP contribution < -0.4 is 15.1 Å². The van der Waals surface area contributed by atoms with Crippen molar-refractivity contribution in [2.24, 2.45) is 0 Å². The summed E-state index contributed by atoms with van der Waals surface area (Å²) in [6.07, 6.45) is 0.913. The van der Waals surface area contributed by atoms with Crippen LogP contribution in [0, 0.1) is 0 Å². The summed E-state index contributed by atoms with van der Waals surface area (Å²) in [6.45, 7) is 1.91. The summed E-state index contributed by atoms with van der Waals surface area (Å²) in [6, 6.07) is 21.8. The molecule has 3 aromatic carbocycles. The van der Waals surface area contributed by atoms with Crippen molar-refractivity contribution in [3.63, 3.8) is 0 Å². The monoisotopic (exact) mass is 491 g/mol. The van der Waals surface area contributed by atoms with E-state index in [1.54, 1.807) is 24.3 Å². The Morgan fingerprint density at radius 1 is 1.03 bits per heavy atom. The highest BCUT2D eigenvalue weighted by atomic mass is 35.5. The summed E-state index contributed by atoms with van der Waals surface area (Å²) in [5, 5.41) is 3.42. The Morgan fingerprint density at radius 3 is 2.44 bits per heavy atom. The molecule has 6 nitrogen and oxygen atoms in total. The van der Waals surface area contributed by atoms with Gasteiger partial charge < -0.3 is 5.32 Å². The van der Waals surface area contributed by atoms with Crippen LogP contribution in [0.5, 0.6) is 0 Å². The lowest BCUT2D eigenvalue weighted by Gasteiger charge is -2.33. The van der Waals surface area contributed by atoms with E-state index in [0.29, 0.717) is 27.6 Å². The minimum absolute atomic E-state index is 0.156. The molecular formula is C26H22ClN3O3S. The normalized spacial score (nSPS) is 19.1. The smallest absolute Gasteiger partial charge is 0.269 e. The molecule has 1 atom stereocenters. The number of thioether (sulfide) groups is 1. The summed E-state index contributed by atoms with van der Waals surface area (Å²) in [7, 11) is 0. The van der Waals surface area contributed by atoms with Gasteiger partial charge in [-0.2, -0.15) is 0 Å². The molecule has 5 rings (SSSR count). The number of fused-ring (bicyclic) bond motifs is 2. The third-order valence-corrected chi connectivity index (χ3v) is 7.73. The first-order valence-electron chi connectivity index (χ1n) is 11.0. The number of benzene rings is 3. The van der Waals surface area contributed by atoms with Crippen LogP contribution in [0.4, 0.5) is 17.1 Å². The fourth-order valence-electron chi connectivity index (χ4n) is 4.47. The van der Waals surface area contributed by atoms with Crippen LogP contribution in [0.2, 0.25) is 5.02 Å². The van der Waals surface area contributed by atoms with Gasteiger partial charge in [-0.15, -0.1) is 11.8 Å². The molecular weight excluding hydrogens is 470 g/mol. The van der Waals surface area contributed by atoms with Crippen molar-refractivity contribution in [2.75, 3.05) is 27.4 Å². The molecule has 1 N–H and O–H groups in total. The van der Waals surface area contributed by atoms with E-state index in [2.05, 4.69) is 12.2 Å². The number of anilines is 3. The fraction of sp³-hybridized carbons (Fsp3) is 0.192. The number of para-hydroxylation sites is 1. The molecule has 1 saturated heterocycles. The predicted molar refractivity (Wildman–Crippen MR) is 136 cm³/mol. The molecule has 0 radical (unpaired) electrons. The van der Waals surface area contributed by atoms with E-state index in [4.69, 9.17) is 11.6 Å². The number of nitrogens with one attached hydrogen (secondary N) is 1. The van der Waals surface area contributed by atoms with E-state index in [0.717, 1.165) is 6.42 Å². The highest BCUT2D eigenvalue weighted by Gasteiger charge is 2.61. The lowest BCUT2D eigenvalue weighted by molar-refractivity contribution is -0.124. The first kappa shape index (κ1) is 22.5.